The number of hydrogen-bond acceptors (Lipinski definition) is 5. The number of anilines is 2. The number of nitrogens with zero attached hydrogens (tertiary/aromatic N) is 2. The van der Waals surface area contributed by atoms with Crippen molar-refractivity contribution in [3.63, 3.8) is 0 Å². The normalized spacial score (nSPS) is 15.7. The van der Waals surface area contributed by atoms with E-state index in [4.69, 9.17) is 10.5 Å². The molecule has 0 saturated carbocycles. The van der Waals surface area contributed by atoms with Crippen LogP contribution >= 0.6 is 0 Å². The molecule has 0 radical (unpaired) electrons. The van der Waals surface area contributed by atoms with Crippen LogP contribution in [0.4, 0.5) is 15.9 Å². The summed E-state index contributed by atoms with van der Waals surface area (Å²) in [6, 6.07) is 16.6. The average Bonchev–Trinajstić information content (AvgIpc) is 2.83. The van der Waals surface area contributed by atoms with E-state index < -0.39 is 0 Å². The standard InChI is InChI=1S/C25H25FN4O3/c26-20-7-2-8-22(13-20)33-16-17-4-1-5-18(12-17)25(32)29-21-9-10-23(28-14-21)30-11-3-6-19(15-30)24(27)31/h1-2,4-5,7-10,12-14,19H,3,6,11,15-16H2,(H2,27,31)(H,29,32). The number of carbonyl (C=O) groups excluding carboxylic acids is 2. The van der Waals surface area contributed by atoms with Gasteiger partial charge >= 0.3 is 0 Å². The number of carbonyl (C=O) groups is 2. The van der Waals surface area contributed by atoms with Crippen LogP contribution in [0, 0.1) is 11.7 Å². The molecular weight excluding hydrogens is 423 g/mol. The van der Waals surface area contributed by atoms with Crippen LogP contribution in [0.25, 0.3) is 0 Å². The van der Waals surface area contributed by atoms with Crippen molar-refractivity contribution in [1.82, 2.24) is 4.98 Å². The number of rotatable bonds is 7. The number of primary amides is 1. The van der Waals surface area contributed by atoms with E-state index >= 15 is 0 Å². The molecule has 0 aliphatic carbocycles. The zero-order chi connectivity index (χ0) is 23.2. The van der Waals surface area contributed by atoms with Crippen molar-refractivity contribution in [1.29, 1.82) is 0 Å². The highest BCUT2D eigenvalue weighted by Crippen LogP contribution is 2.23. The van der Waals surface area contributed by atoms with Gasteiger partial charge in [-0.05, 0) is 54.8 Å². The van der Waals surface area contributed by atoms with E-state index in [2.05, 4.69) is 10.3 Å². The molecule has 1 atom stereocenters. The molecule has 1 aromatic heterocycles. The Morgan fingerprint density at radius 1 is 1.15 bits per heavy atom. The molecule has 170 valence electrons. The van der Waals surface area contributed by atoms with Crippen LogP contribution in [0.3, 0.4) is 0 Å². The second-order valence-corrected chi connectivity index (χ2v) is 7.99. The van der Waals surface area contributed by atoms with E-state index in [1.165, 1.54) is 12.1 Å². The van der Waals surface area contributed by atoms with E-state index in [-0.39, 0.29) is 30.2 Å². The fourth-order valence-corrected chi connectivity index (χ4v) is 3.79. The number of pyridine rings is 1. The summed E-state index contributed by atoms with van der Waals surface area (Å²) < 4.78 is 18.9. The molecule has 2 amide bonds. The summed E-state index contributed by atoms with van der Waals surface area (Å²) in [5.41, 5.74) is 7.27. The SMILES string of the molecule is NC(=O)C1CCCN(c2ccc(NC(=O)c3cccc(COc4cccc(F)c4)c3)cn2)C1. The van der Waals surface area contributed by atoms with Crippen molar-refractivity contribution in [3.8, 4) is 5.75 Å². The zero-order valence-electron chi connectivity index (χ0n) is 18.0. The lowest BCUT2D eigenvalue weighted by atomic mass is 9.97. The van der Waals surface area contributed by atoms with E-state index in [0.717, 1.165) is 30.8 Å². The molecule has 4 rings (SSSR count). The van der Waals surface area contributed by atoms with Crippen molar-refractivity contribution in [3.05, 3.63) is 83.8 Å². The maximum atomic E-state index is 13.3. The fourth-order valence-electron chi connectivity index (χ4n) is 3.79. The Balaban J connectivity index is 1.36. The summed E-state index contributed by atoms with van der Waals surface area (Å²) in [5, 5.41) is 2.84. The monoisotopic (exact) mass is 448 g/mol. The van der Waals surface area contributed by atoms with Crippen molar-refractivity contribution >= 4 is 23.3 Å². The van der Waals surface area contributed by atoms with Gasteiger partial charge in [0.1, 0.15) is 24.0 Å². The van der Waals surface area contributed by atoms with E-state index in [1.807, 2.05) is 17.0 Å². The average molecular weight is 448 g/mol. The number of amides is 2. The minimum absolute atomic E-state index is 0.169. The summed E-state index contributed by atoms with van der Waals surface area (Å²) in [6.07, 6.45) is 3.28. The molecule has 0 spiro atoms. The molecule has 3 N–H and O–H groups in total. The molecule has 2 aromatic carbocycles. The Kier molecular flexibility index (Phi) is 6.83. The number of benzene rings is 2. The van der Waals surface area contributed by atoms with Gasteiger partial charge in [-0.2, -0.15) is 0 Å². The molecule has 8 heteroatoms. The number of aromatic nitrogens is 1. The Morgan fingerprint density at radius 2 is 2.00 bits per heavy atom. The summed E-state index contributed by atoms with van der Waals surface area (Å²) in [6.45, 7) is 1.58. The van der Waals surface area contributed by atoms with Crippen LogP contribution in [0.1, 0.15) is 28.8 Å². The third-order valence-corrected chi connectivity index (χ3v) is 5.54. The Morgan fingerprint density at radius 3 is 2.76 bits per heavy atom. The lowest BCUT2D eigenvalue weighted by Crippen LogP contribution is -2.41. The molecule has 1 fully saturated rings. The molecule has 3 aromatic rings. The number of piperidine rings is 1. The van der Waals surface area contributed by atoms with E-state index in [9.17, 15) is 14.0 Å². The first-order valence-corrected chi connectivity index (χ1v) is 10.8. The van der Waals surface area contributed by atoms with Gasteiger partial charge in [0.2, 0.25) is 5.91 Å². The highest BCUT2D eigenvalue weighted by Gasteiger charge is 2.24. The van der Waals surface area contributed by atoms with Crippen LogP contribution in [0.15, 0.2) is 66.9 Å². The highest BCUT2D eigenvalue weighted by molar-refractivity contribution is 6.04. The maximum Gasteiger partial charge on any atom is 0.255 e. The molecule has 2 heterocycles. The third kappa shape index (κ3) is 5.85. The number of hydrogen-bond donors (Lipinski definition) is 2. The lowest BCUT2D eigenvalue weighted by molar-refractivity contribution is -0.122. The Labute approximate surface area is 191 Å². The van der Waals surface area contributed by atoms with Gasteiger partial charge in [-0.25, -0.2) is 9.37 Å². The summed E-state index contributed by atoms with van der Waals surface area (Å²) in [4.78, 5) is 30.7. The third-order valence-electron chi connectivity index (χ3n) is 5.54. The summed E-state index contributed by atoms with van der Waals surface area (Å²) in [5.74, 6) is 0.0729. The van der Waals surface area contributed by atoms with E-state index in [1.54, 1.807) is 42.6 Å². The second-order valence-electron chi connectivity index (χ2n) is 7.99. The zero-order valence-corrected chi connectivity index (χ0v) is 18.0. The van der Waals surface area contributed by atoms with Crippen molar-refractivity contribution in [2.24, 2.45) is 11.7 Å². The number of halogens is 1. The minimum atomic E-state index is -0.367. The van der Waals surface area contributed by atoms with Crippen LogP contribution in [0.2, 0.25) is 0 Å². The first-order valence-electron chi connectivity index (χ1n) is 10.8. The molecule has 1 unspecified atom stereocenters. The second kappa shape index (κ2) is 10.1. The predicted molar refractivity (Wildman–Crippen MR) is 123 cm³/mol. The maximum absolute atomic E-state index is 13.3. The van der Waals surface area contributed by atoms with Crippen molar-refractivity contribution in [2.45, 2.75) is 19.4 Å². The van der Waals surface area contributed by atoms with Gasteiger partial charge in [0.15, 0.2) is 0 Å². The highest BCUT2D eigenvalue weighted by atomic mass is 19.1. The largest absolute Gasteiger partial charge is 0.489 e. The van der Waals surface area contributed by atoms with Crippen LogP contribution < -0.4 is 20.7 Å². The molecule has 1 aliphatic rings. The number of ether oxygens (including phenoxy) is 1. The minimum Gasteiger partial charge on any atom is -0.489 e. The van der Waals surface area contributed by atoms with Gasteiger partial charge in [0, 0.05) is 24.7 Å². The summed E-state index contributed by atoms with van der Waals surface area (Å²) >= 11 is 0. The molecule has 1 aliphatic heterocycles. The fraction of sp³-hybridized carbons (Fsp3) is 0.240. The van der Waals surface area contributed by atoms with Crippen molar-refractivity contribution < 1.29 is 18.7 Å². The van der Waals surface area contributed by atoms with Crippen LogP contribution in [-0.2, 0) is 11.4 Å². The Hall–Kier alpha value is -3.94. The van der Waals surface area contributed by atoms with Gasteiger partial charge in [0.25, 0.3) is 5.91 Å². The molecular formula is C25H25FN4O3. The first kappa shape index (κ1) is 22.3. The molecule has 7 nitrogen and oxygen atoms in total. The first-order chi connectivity index (χ1) is 16.0. The topological polar surface area (TPSA) is 97.6 Å². The Bertz CT molecular complexity index is 1140. The lowest BCUT2D eigenvalue weighted by Gasteiger charge is -2.32. The van der Waals surface area contributed by atoms with Gasteiger partial charge in [-0.1, -0.05) is 18.2 Å². The predicted octanol–water partition coefficient (Wildman–Crippen LogP) is 3.75. The number of nitrogens with one attached hydrogen (secondary N) is 1. The summed E-state index contributed by atoms with van der Waals surface area (Å²) in [7, 11) is 0. The van der Waals surface area contributed by atoms with Gasteiger partial charge in [-0.3, -0.25) is 9.59 Å². The number of nitrogens with two attached hydrogens (primary N) is 1. The van der Waals surface area contributed by atoms with Gasteiger partial charge in [-0.15, -0.1) is 0 Å². The van der Waals surface area contributed by atoms with Gasteiger partial charge in [0.05, 0.1) is 17.8 Å². The molecule has 33 heavy (non-hydrogen) atoms. The van der Waals surface area contributed by atoms with Gasteiger partial charge < -0.3 is 20.7 Å². The van der Waals surface area contributed by atoms with E-state index in [0.29, 0.717) is 23.5 Å². The molecule has 0 bridgehead atoms. The quantitative estimate of drug-likeness (QED) is 0.574. The van der Waals surface area contributed by atoms with Crippen LogP contribution in [0.5, 0.6) is 5.75 Å². The smallest absolute Gasteiger partial charge is 0.255 e. The van der Waals surface area contributed by atoms with Crippen molar-refractivity contribution in [2.75, 3.05) is 23.3 Å². The van der Waals surface area contributed by atoms with Crippen LogP contribution in [-0.4, -0.2) is 29.9 Å². The molecule has 1 saturated heterocycles.